The van der Waals surface area contributed by atoms with E-state index >= 15 is 0 Å². The van der Waals surface area contributed by atoms with Gasteiger partial charge in [0.05, 0.1) is 10.7 Å². The predicted molar refractivity (Wildman–Crippen MR) is 108 cm³/mol. The highest BCUT2D eigenvalue weighted by Crippen LogP contribution is 2.19. The first-order valence-corrected chi connectivity index (χ1v) is 10.5. The van der Waals surface area contributed by atoms with Crippen molar-refractivity contribution in [2.75, 3.05) is 25.6 Å². The monoisotopic (exact) mass is 434 g/mol. The van der Waals surface area contributed by atoms with Crippen LogP contribution < -0.4 is 25.5 Å². The molecule has 2 aromatic carbocycles. The second kappa shape index (κ2) is 8.67. The van der Waals surface area contributed by atoms with Gasteiger partial charge in [-0.05, 0) is 42.8 Å². The quantitative estimate of drug-likeness (QED) is 0.397. The molecule has 0 spiro atoms. The minimum absolute atomic E-state index is 0.00412. The fourth-order valence-corrected chi connectivity index (χ4v) is 3.78. The summed E-state index contributed by atoms with van der Waals surface area (Å²) in [7, 11) is -2.42. The van der Waals surface area contributed by atoms with E-state index in [0.717, 1.165) is 12.1 Å². The summed E-state index contributed by atoms with van der Waals surface area (Å²) in [6, 6.07) is 10.6. The molecule has 0 aromatic heterocycles. The Labute approximate surface area is 173 Å². The van der Waals surface area contributed by atoms with Crippen molar-refractivity contribution in [3.8, 4) is 5.75 Å². The van der Waals surface area contributed by atoms with Crippen molar-refractivity contribution in [2.45, 2.75) is 24.0 Å². The Kier molecular flexibility index (Phi) is 6.22. The summed E-state index contributed by atoms with van der Waals surface area (Å²) in [5.41, 5.74) is 0.785. The number of methoxy groups -OCH3 is 1. The van der Waals surface area contributed by atoms with Crippen molar-refractivity contribution in [1.82, 2.24) is 5.32 Å². The van der Waals surface area contributed by atoms with Crippen LogP contribution in [0.2, 0.25) is 0 Å². The number of anilines is 1. The number of ether oxygens (including phenoxy) is 1. The minimum atomic E-state index is -4.05. The maximum atomic E-state index is 12.6. The fraction of sp³-hybridized carbons (Fsp3) is 0.316. The molecule has 1 unspecified atom stereocenters. The van der Waals surface area contributed by atoms with E-state index in [9.17, 15) is 13.2 Å². The SMILES string of the molecule is COCCCNc1ccc(S(=O)(=O)Oc2ccc3c(c2)=NC(C)(NC(=O)O)N=3)cc1. The normalized spacial score (nSPS) is 17.4. The van der Waals surface area contributed by atoms with Gasteiger partial charge in [-0.15, -0.1) is 0 Å². The number of nitrogens with zero attached hydrogens (tertiary/aromatic N) is 2. The van der Waals surface area contributed by atoms with Crippen molar-refractivity contribution in [3.05, 3.63) is 53.2 Å². The molecule has 0 saturated heterocycles. The summed E-state index contributed by atoms with van der Waals surface area (Å²) in [4.78, 5) is 19.3. The third kappa shape index (κ3) is 5.24. The first-order valence-electron chi connectivity index (χ1n) is 9.09. The number of nitrogens with one attached hydrogen (secondary N) is 2. The van der Waals surface area contributed by atoms with Crippen molar-refractivity contribution in [3.63, 3.8) is 0 Å². The number of fused-ring (bicyclic) bond motifs is 1. The van der Waals surface area contributed by atoms with Gasteiger partial charge in [-0.25, -0.2) is 14.8 Å². The van der Waals surface area contributed by atoms with E-state index in [1.807, 2.05) is 0 Å². The van der Waals surface area contributed by atoms with Gasteiger partial charge in [0.1, 0.15) is 10.6 Å². The van der Waals surface area contributed by atoms with Crippen LogP contribution in [-0.2, 0) is 14.9 Å². The molecular weight excluding hydrogens is 412 g/mol. The van der Waals surface area contributed by atoms with E-state index in [2.05, 4.69) is 20.6 Å². The van der Waals surface area contributed by atoms with Crippen LogP contribution in [-0.4, -0.2) is 45.7 Å². The van der Waals surface area contributed by atoms with Crippen LogP contribution in [0.3, 0.4) is 0 Å². The number of benzene rings is 2. The third-order valence-electron chi connectivity index (χ3n) is 4.17. The van der Waals surface area contributed by atoms with Crippen molar-refractivity contribution >= 4 is 21.9 Å². The number of carboxylic acid groups (broad SMARTS) is 1. The predicted octanol–water partition coefficient (Wildman–Crippen LogP) is 1.10. The van der Waals surface area contributed by atoms with Crippen LogP contribution in [0.1, 0.15) is 13.3 Å². The molecule has 1 heterocycles. The Morgan fingerprint density at radius 2 is 1.83 bits per heavy atom. The highest BCUT2D eigenvalue weighted by molar-refractivity contribution is 7.87. The van der Waals surface area contributed by atoms with Crippen molar-refractivity contribution < 1.29 is 27.2 Å². The average Bonchev–Trinajstić information content (AvgIpc) is 2.99. The molecule has 1 aliphatic rings. The van der Waals surface area contributed by atoms with Gasteiger partial charge in [-0.1, -0.05) is 0 Å². The lowest BCUT2D eigenvalue weighted by atomic mass is 10.3. The largest absolute Gasteiger partial charge is 0.465 e. The molecule has 0 radical (unpaired) electrons. The van der Waals surface area contributed by atoms with E-state index in [1.54, 1.807) is 19.2 Å². The van der Waals surface area contributed by atoms with E-state index in [4.69, 9.17) is 14.0 Å². The molecule has 11 heteroatoms. The molecule has 1 amide bonds. The Bertz CT molecular complexity index is 1150. The lowest BCUT2D eigenvalue weighted by Crippen LogP contribution is -2.41. The Balaban J connectivity index is 1.73. The van der Waals surface area contributed by atoms with Crippen LogP contribution in [0.4, 0.5) is 10.5 Å². The summed E-state index contributed by atoms with van der Waals surface area (Å²) in [5.74, 6) is -1.31. The van der Waals surface area contributed by atoms with Crippen molar-refractivity contribution in [1.29, 1.82) is 0 Å². The maximum absolute atomic E-state index is 12.6. The zero-order valence-corrected chi connectivity index (χ0v) is 17.3. The zero-order valence-electron chi connectivity index (χ0n) is 16.5. The Morgan fingerprint density at radius 1 is 1.13 bits per heavy atom. The molecule has 160 valence electrons. The molecule has 0 saturated carbocycles. The molecule has 3 rings (SSSR count). The molecule has 30 heavy (non-hydrogen) atoms. The standard InChI is InChI=1S/C19H22N4O6S/c1-19(23-18(24)25)21-16-9-6-14(12-17(16)22-19)29-30(26,27)15-7-4-13(5-8-15)20-10-3-11-28-2/h4-9,12,20,23H,3,10-11H2,1-2H3,(H,24,25). The van der Waals surface area contributed by atoms with E-state index in [-0.39, 0.29) is 10.6 Å². The molecular formula is C19H22N4O6S. The van der Waals surface area contributed by atoms with Gasteiger partial charge in [0.25, 0.3) is 0 Å². The number of hydrogen-bond acceptors (Lipinski definition) is 8. The van der Waals surface area contributed by atoms with E-state index in [1.165, 1.54) is 37.3 Å². The molecule has 0 bridgehead atoms. The summed E-state index contributed by atoms with van der Waals surface area (Å²) >= 11 is 0. The number of amides is 1. The molecule has 0 fully saturated rings. The first kappa shape index (κ1) is 21.5. The molecule has 1 atom stereocenters. The topological polar surface area (TPSA) is 139 Å². The zero-order chi connectivity index (χ0) is 21.8. The first-order chi connectivity index (χ1) is 14.2. The highest BCUT2D eigenvalue weighted by atomic mass is 32.2. The summed E-state index contributed by atoms with van der Waals surface area (Å²) in [6.45, 7) is 2.83. The van der Waals surface area contributed by atoms with Gasteiger partial charge in [-0.2, -0.15) is 8.42 Å². The minimum Gasteiger partial charge on any atom is -0.465 e. The van der Waals surface area contributed by atoms with Gasteiger partial charge >= 0.3 is 16.2 Å². The molecule has 3 N–H and O–H groups in total. The number of rotatable bonds is 9. The lowest BCUT2D eigenvalue weighted by molar-refractivity contribution is 0.182. The second-order valence-corrected chi connectivity index (χ2v) is 8.21. The average molecular weight is 434 g/mol. The van der Waals surface area contributed by atoms with E-state index < -0.39 is 22.0 Å². The number of carbonyl (C=O) groups is 1. The highest BCUT2D eigenvalue weighted by Gasteiger charge is 2.27. The molecule has 2 aromatic rings. The van der Waals surface area contributed by atoms with Crippen LogP contribution in [0, 0.1) is 0 Å². The van der Waals surface area contributed by atoms with Crippen LogP contribution in [0.25, 0.3) is 0 Å². The Morgan fingerprint density at radius 3 is 2.50 bits per heavy atom. The van der Waals surface area contributed by atoms with Gasteiger partial charge in [0.15, 0.2) is 0 Å². The van der Waals surface area contributed by atoms with Gasteiger partial charge in [-0.3, -0.25) is 5.32 Å². The van der Waals surface area contributed by atoms with Gasteiger partial charge in [0.2, 0.25) is 5.79 Å². The van der Waals surface area contributed by atoms with Crippen LogP contribution in [0.5, 0.6) is 5.75 Å². The molecule has 0 aliphatic carbocycles. The fourth-order valence-electron chi connectivity index (χ4n) is 2.86. The lowest BCUT2D eigenvalue weighted by Gasteiger charge is -2.16. The van der Waals surface area contributed by atoms with Gasteiger partial charge < -0.3 is 19.3 Å². The summed E-state index contributed by atoms with van der Waals surface area (Å²) < 4.78 is 35.4. The van der Waals surface area contributed by atoms with Crippen molar-refractivity contribution in [2.24, 2.45) is 9.98 Å². The van der Waals surface area contributed by atoms with Crippen LogP contribution >= 0.6 is 0 Å². The summed E-state index contributed by atoms with van der Waals surface area (Å²) in [6.07, 6.45) is -0.440. The second-order valence-electron chi connectivity index (χ2n) is 6.66. The summed E-state index contributed by atoms with van der Waals surface area (Å²) in [5, 5.41) is 15.0. The third-order valence-corrected chi connectivity index (χ3v) is 5.43. The van der Waals surface area contributed by atoms with E-state index in [0.29, 0.717) is 23.9 Å². The van der Waals surface area contributed by atoms with Gasteiger partial charge in [0, 0.05) is 38.9 Å². The molecule has 1 aliphatic heterocycles. The smallest absolute Gasteiger partial charge is 0.408 e. The maximum Gasteiger partial charge on any atom is 0.408 e. The van der Waals surface area contributed by atoms with Crippen LogP contribution in [0.15, 0.2) is 57.3 Å². The molecule has 10 nitrogen and oxygen atoms in total. The Hall–Kier alpha value is -3.18. The number of hydrogen-bond donors (Lipinski definition) is 3.